The van der Waals surface area contributed by atoms with Gasteiger partial charge < -0.3 is 4.18 Å². The Kier molecular flexibility index (Phi) is 4.94. The average Bonchev–Trinajstić information content (AvgIpc) is 2.50. The maximum atomic E-state index is 12.6. The van der Waals surface area contributed by atoms with E-state index in [4.69, 9.17) is 4.18 Å². The van der Waals surface area contributed by atoms with Crippen molar-refractivity contribution < 1.29 is 12.6 Å². The Bertz CT molecular complexity index is 1050. The summed E-state index contributed by atoms with van der Waals surface area (Å²) in [4.78, 5) is 23.6. The first-order valence-corrected chi connectivity index (χ1v) is 9.20. The molecule has 7 nitrogen and oxygen atoms in total. The molecule has 1 heterocycles. The van der Waals surface area contributed by atoms with E-state index in [9.17, 15) is 18.0 Å². The zero-order chi connectivity index (χ0) is 19.1. The molecule has 0 saturated heterocycles. The van der Waals surface area contributed by atoms with E-state index in [1.807, 2.05) is 20.8 Å². The molecule has 8 heteroatoms. The van der Waals surface area contributed by atoms with Crippen molar-refractivity contribution in [2.75, 3.05) is 0 Å². The molecule has 2 rings (SSSR count). The second-order valence-corrected chi connectivity index (χ2v) is 7.81. The largest absolute Gasteiger partial charge is 0.379 e. The fourth-order valence-corrected chi connectivity index (χ4v) is 4.01. The molecule has 0 atom stereocenters. The van der Waals surface area contributed by atoms with Crippen molar-refractivity contribution in [2.45, 2.75) is 38.5 Å². The van der Waals surface area contributed by atoms with Crippen molar-refractivity contribution >= 4 is 10.1 Å². The van der Waals surface area contributed by atoms with E-state index in [0.717, 1.165) is 20.3 Å². The highest BCUT2D eigenvalue weighted by molar-refractivity contribution is 7.87. The smallest absolute Gasteiger partial charge is 0.346 e. The molecule has 0 aliphatic carbocycles. The van der Waals surface area contributed by atoms with Gasteiger partial charge in [0.2, 0.25) is 0 Å². The summed E-state index contributed by atoms with van der Waals surface area (Å²) in [6.45, 7) is 7.34. The summed E-state index contributed by atoms with van der Waals surface area (Å²) in [7, 11) is -1.75. The summed E-state index contributed by atoms with van der Waals surface area (Å²) >= 11 is 0. The predicted molar refractivity (Wildman–Crippen MR) is 94.7 cm³/mol. The Morgan fingerprint density at radius 2 is 1.64 bits per heavy atom. The Balaban J connectivity index is 2.57. The van der Waals surface area contributed by atoms with E-state index in [1.165, 1.54) is 21.0 Å². The van der Waals surface area contributed by atoms with Crippen LogP contribution in [0.1, 0.15) is 36.6 Å². The van der Waals surface area contributed by atoms with Gasteiger partial charge in [-0.05, 0) is 43.0 Å². The second-order valence-electron chi connectivity index (χ2n) is 6.33. The van der Waals surface area contributed by atoms with E-state index >= 15 is 0 Å². The van der Waals surface area contributed by atoms with Crippen LogP contribution in [0, 0.1) is 13.8 Å². The van der Waals surface area contributed by atoms with Gasteiger partial charge in [-0.1, -0.05) is 19.9 Å². The van der Waals surface area contributed by atoms with Crippen LogP contribution < -0.4 is 15.4 Å². The summed E-state index contributed by atoms with van der Waals surface area (Å²) in [5.74, 6) is 0.418. The number of hydrogen-bond donors (Lipinski definition) is 0. The molecule has 0 bridgehead atoms. The number of nitrogens with zero attached hydrogens (tertiary/aromatic N) is 2. The van der Waals surface area contributed by atoms with E-state index in [0.29, 0.717) is 5.92 Å². The van der Waals surface area contributed by atoms with Gasteiger partial charge >= 0.3 is 15.8 Å². The minimum atomic E-state index is -4.38. The molecule has 0 aliphatic heterocycles. The molecule has 0 saturated carbocycles. The molecule has 1 aromatic heterocycles. The lowest BCUT2D eigenvalue weighted by atomic mass is 9.98. The molecule has 0 fully saturated rings. The number of hydrogen-bond acceptors (Lipinski definition) is 5. The Labute approximate surface area is 146 Å². The highest BCUT2D eigenvalue weighted by Gasteiger charge is 2.27. The SMILES string of the molecule is Cc1cc(OS(=O)(=O)c2c(C)n(C)c(=O)n(C)c2=O)ccc1C(C)C. The summed E-state index contributed by atoms with van der Waals surface area (Å²) in [5, 5.41) is 0. The van der Waals surface area contributed by atoms with Crippen molar-refractivity contribution in [2.24, 2.45) is 14.1 Å². The number of aromatic nitrogens is 2. The van der Waals surface area contributed by atoms with Gasteiger partial charge in [-0.25, -0.2) is 4.79 Å². The van der Waals surface area contributed by atoms with Gasteiger partial charge in [0.25, 0.3) is 5.56 Å². The van der Waals surface area contributed by atoms with Crippen LogP contribution >= 0.6 is 0 Å². The van der Waals surface area contributed by atoms with Gasteiger partial charge in [0.1, 0.15) is 5.75 Å². The van der Waals surface area contributed by atoms with Crippen LogP contribution in [-0.2, 0) is 24.2 Å². The highest BCUT2D eigenvalue weighted by atomic mass is 32.2. The third-order valence-electron chi connectivity index (χ3n) is 4.22. The zero-order valence-electron chi connectivity index (χ0n) is 15.2. The topological polar surface area (TPSA) is 87.4 Å². The molecule has 1 aromatic carbocycles. The molecule has 0 unspecified atom stereocenters. The third-order valence-corrected chi connectivity index (χ3v) is 5.61. The molecular formula is C17H22N2O5S. The minimum absolute atomic E-state index is 0.0311. The van der Waals surface area contributed by atoms with Crippen molar-refractivity contribution in [1.82, 2.24) is 9.13 Å². The Morgan fingerprint density at radius 3 is 2.16 bits per heavy atom. The molecule has 136 valence electrons. The number of aryl methyl sites for hydroxylation is 1. The molecule has 0 amide bonds. The molecule has 0 spiro atoms. The van der Waals surface area contributed by atoms with Crippen LogP contribution in [0.3, 0.4) is 0 Å². The fraction of sp³-hybridized carbons (Fsp3) is 0.412. The summed E-state index contributed by atoms with van der Waals surface area (Å²) < 4.78 is 32.3. The van der Waals surface area contributed by atoms with Crippen LogP contribution in [0.4, 0.5) is 0 Å². The van der Waals surface area contributed by atoms with Gasteiger partial charge in [-0.2, -0.15) is 8.42 Å². The van der Waals surface area contributed by atoms with Crippen molar-refractivity contribution in [3.63, 3.8) is 0 Å². The van der Waals surface area contributed by atoms with Crippen LogP contribution in [0.25, 0.3) is 0 Å². The van der Waals surface area contributed by atoms with Crippen LogP contribution in [0.2, 0.25) is 0 Å². The van der Waals surface area contributed by atoms with Gasteiger partial charge in [-0.3, -0.25) is 13.9 Å². The van der Waals surface area contributed by atoms with Gasteiger partial charge in [0, 0.05) is 19.8 Å². The Hall–Kier alpha value is -2.35. The summed E-state index contributed by atoms with van der Waals surface area (Å²) in [5.41, 5.74) is 0.505. The third kappa shape index (κ3) is 3.39. The monoisotopic (exact) mass is 366 g/mol. The van der Waals surface area contributed by atoms with E-state index in [2.05, 4.69) is 0 Å². The molecule has 0 aliphatic rings. The molecule has 25 heavy (non-hydrogen) atoms. The second kappa shape index (κ2) is 6.51. The minimum Gasteiger partial charge on any atom is -0.379 e. The van der Waals surface area contributed by atoms with Crippen LogP contribution in [0.5, 0.6) is 5.75 Å². The van der Waals surface area contributed by atoms with E-state index < -0.39 is 26.3 Å². The summed E-state index contributed by atoms with van der Waals surface area (Å²) in [6.07, 6.45) is 0. The standard InChI is InChI=1S/C17H22N2O5S/c1-10(2)14-8-7-13(9-11(14)3)24-25(22,23)15-12(4)18(5)17(21)19(6)16(15)20/h7-10H,1-6H3. The van der Waals surface area contributed by atoms with Gasteiger partial charge in [-0.15, -0.1) is 0 Å². The molecule has 0 radical (unpaired) electrons. The van der Waals surface area contributed by atoms with Gasteiger partial charge in [0.05, 0.1) is 0 Å². The predicted octanol–water partition coefficient (Wildman–Crippen LogP) is 1.59. The maximum Gasteiger partial charge on any atom is 0.346 e. The van der Waals surface area contributed by atoms with Gasteiger partial charge in [0.15, 0.2) is 4.90 Å². The zero-order valence-corrected chi connectivity index (χ0v) is 16.0. The molecular weight excluding hydrogens is 344 g/mol. The maximum absolute atomic E-state index is 12.6. The van der Waals surface area contributed by atoms with Crippen molar-refractivity contribution in [3.8, 4) is 5.75 Å². The highest BCUT2D eigenvalue weighted by Crippen LogP contribution is 2.25. The first-order valence-electron chi connectivity index (χ1n) is 7.79. The van der Waals surface area contributed by atoms with Crippen molar-refractivity contribution in [3.05, 3.63) is 55.9 Å². The number of benzene rings is 1. The molecule has 2 aromatic rings. The lowest BCUT2D eigenvalue weighted by Gasteiger charge is -2.14. The van der Waals surface area contributed by atoms with E-state index in [-0.39, 0.29) is 11.4 Å². The average molecular weight is 366 g/mol. The van der Waals surface area contributed by atoms with Crippen LogP contribution in [0.15, 0.2) is 32.7 Å². The quantitative estimate of drug-likeness (QED) is 0.767. The summed E-state index contributed by atoms with van der Waals surface area (Å²) in [6, 6.07) is 4.98. The lowest BCUT2D eigenvalue weighted by molar-refractivity contribution is 0.478. The fourth-order valence-electron chi connectivity index (χ4n) is 2.72. The first-order chi connectivity index (χ1) is 11.5. The normalized spacial score (nSPS) is 11.8. The lowest BCUT2D eigenvalue weighted by Crippen LogP contribution is -2.41. The molecule has 0 N–H and O–H groups in total. The van der Waals surface area contributed by atoms with Crippen molar-refractivity contribution in [1.29, 1.82) is 0 Å². The first kappa shape index (κ1) is 19.0. The Morgan fingerprint density at radius 1 is 1.04 bits per heavy atom. The number of rotatable bonds is 4. The van der Waals surface area contributed by atoms with E-state index in [1.54, 1.807) is 18.2 Å². The van der Waals surface area contributed by atoms with Crippen LogP contribution in [-0.4, -0.2) is 17.6 Å².